The highest BCUT2D eigenvalue weighted by atomic mass is 32.2. The van der Waals surface area contributed by atoms with Crippen molar-refractivity contribution in [3.05, 3.63) is 28.7 Å². The zero-order valence-corrected chi connectivity index (χ0v) is 14.7. The van der Waals surface area contributed by atoms with Crippen LogP contribution in [0.2, 0.25) is 0 Å². The number of sulfonamides is 1. The lowest BCUT2D eigenvalue weighted by Gasteiger charge is -2.19. The number of nitrogens with zero attached hydrogens (tertiary/aromatic N) is 2. The van der Waals surface area contributed by atoms with Gasteiger partial charge in [-0.05, 0) is 12.5 Å². The largest absolute Gasteiger partial charge is 0.355 e. The Morgan fingerprint density at radius 2 is 1.87 bits per heavy atom. The number of unbranched alkanes of at least 4 members (excludes halogenated alkanes) is 1. The predicted octanol–water partition coefficient (Wildman–Crippen LogP) is 0.795. The summed E-state index contributed by atoms with van der Waals surface area (Å²) in [6, 6.07) is 2.46. The topological polar surface area (TPSA) is 88.5 Å². The maximum atomic E-state index is 12.5. The van der Waals surface area contributed by atoms with Crippen LogP contribution in [-0.2, 0) is 21.4 Å². The molecule has 23 heavy (non-hydrogen) atoms. The first-order chi connectivity index (χ1) is 10.9. The van der Waals surface area contributed by atoms with Crippen molar-refractivity contribution in [1.29, 1.82) is 0 Å². The Morgan fingerprint density at radius 3 is 2.43 bits per heavy atom. The molecule has 8 heteroatoms. The van der Waals surface area contributed by atoms with Gasteiger partial charge in [0, 0.05) is 31.9 Å². The molecular formula is C15H25N3O4S. The molecule has 1 rings (SSSR count). The van der Waals surface area contributed by atoms with Crippen LogP contribution in [0.25, 0.3) is 0 Å². The number of hydrogen-bond donors (Lipinski definition) is 1. The second kappa shape index (κ2) is 8.83. The van der Waals surface area contributed by atoms with Gasteiger partial charge in [-0.3, -0.25) is 9.59 Å². The molecule has 0 aliphatic rings. The van der Waals surface area contributed by atoms with Crippen molar-refractivity contribution in [2.75, 3.05) is 19.6 Å². The number of rotatable bonds is 9. The quantitative estimate of drug-likeness (QED) is 0.672. The molecule has 0 aliphatic carbocycles. The van der Waals surface area contributed by atoms with Gasteiger partial charge in [-0.15, -0.1) is 0 Å². The number of carbonyl (C=O) groups excluding carboxylic acids is 1. The van der Waals surface area contributed by atoms with E-state index in [0.717, 1.165) is 17.4 Å². The normalized spacial score (nSPS) is 11.7. The SMILES string of the molecule is CCCCNC(=O)Cn1cc(S(=O)(=O)N(CC)CC)ccc1=O. The van der Waals surface area contributed by atoms with E-state index in [1.807, 2.05) is 6.92 Å². The molecule has 0 unspecified atom stereocenters. The summed E-state index contributed by atoms with van der Waals surface area (Å²) >= 11 is 0. The molecule has 130 valence electrons. The smallest absolute Gasteiger partial charge is 0.251 e. The summed E-state index contributed by atoms with van der Waals surface area (Å²) in [6.45, 7) is 6.55. The minimum atomic E-state index is -3.66. The molecule has 1 aromatic rings. The van der Waals surface area contributed by atoms with E-state index in [1.54, 1.807) is 13.8 Å². The molecule has 1 heterocycles. The van der Waals surface area contributed by atoms with E-state index in [9.17, 15) is 18.0 Å². The van der Waals surface area contributed by atoms with Gasteiger partial charge in [-0.2, -0.15) is 4.31 Å². The van der Waals surface area contributed by atoms with Crippen molar-refractivity contribution < 1.29 is 13.2 Å². The van der Waals surface area contributed by atoms with Crippen LogP contribution in [0, 0.1) is 0 Å². The standard InChI is InChI=1S/C15H25N3O4S/c1-4-7-10-16-14(19)12-17-11-13(8-9-15(17)20)23(21,22)18(5-2)6-3/h8-9,11H,4-7,10,12H2,1-3H3,(H,16,19). The lowest BCUT2D eigenvalue weighted by Crippen LogP contribution is -2.34. The Morgan fingerprint density at radius 1 is 1.22 bits per heavy atom. The average molecular weight is 343 g/mol. The number of carbonyl (C=O) groups is 1. The van der Waals surface area contributed by atoms with Gasteiger partial charge in [0.25, 0.3) is 5.56 Å². The third kappa shape index (κ3) is 5.18. The monoisotopic (exact) mass is 343 g/mol. The summed E-state index contributed by atoms with van der Waals surface area (Å²) < 4.78 is 27.4. The van der Waals surface area contributed by atoms with Gasteiger partial charge in [0.2, 0.25) is 15.9 Å². The molecule has 0 fully saturated rings. The van der Waals surface area contributed by atoms with Crippen molar-refractivity contribution in [3.8, 4) is 0 Å². The van der Waals surface area contributed by atoms with E-state index in [2.05, 4.69) is 5.32 Å². The molecule has 0 saturated carbocycles. The van der Waals surface area contributed by atoms with Crippen LogP contribution in [0.3, 0.4) is 0 Å². The van der Waals surface area contributed by atoms with Crippen molar-refractivity contribution in [2.24, 2.45) is 0 Å². The highest BCUT2D eigenvalue weighted by molar-refractivity contribution is 7.89. The first kappa shape index (κ1) is 19.4. The first-order valence-electron chi connectivity index (χ1n) is 7.84. The summed E-state index contributed by atoms with van der Waals surface area (Å²) in [4.78, 5) is 23.7. The van der Waals surface area contributed by atoms with Gasteiger partial charge in [-0.25, -0.2) is 8.42 Å². The van der Waals surface area contributed by atoms with Crippen LogP contribution < -0.4 is 10.9 Å². The molecule has 1 amide bonds. The molecule has 0 atom stereocenters. The van der Waals surface area contributed by atoms with Crippen molar-refractivity contribution in [3.63, 3.8) is 0 Å². The number of pyridine rings is 1. The van der Waals surface area contributed by atoms with Crippen molar-refractivity contribution in [2.45, 2.75) is 45.1 Å². The van der Waals surface area contributed by atoms with Crippen molar-refractivity contribution >= 4 is 15.9 Å². The fraction of sp³-hybridized carbons (Fsp3) is 0.600. The minimum absolute atomic E-state index is 0.0159. The van der Waals surface area contributed by atoms with Crippen LogP contribution in [0.1, 0.15) is 33.6 Å². The second-order valence-electron chi connectivity index (χ2n) is 5.12. The highest BCUT2D eigenvalue weighted by Gasteiger charge is 2.22. The molecule has 0 spiro atoms. The number of aromatic nitrogens is 1. The maximum absolute atomic E-state index is 12.5. The molecule has 7 nitrogen and oxygen atoms in total. The molecule has 1 N–H and O–H groups in total. The van der Waals surface area contributed by atoms with E-state index >= 15 is 0 Å². The van der Waals surface area contributed by atoms with E-state index in [0.29, 0.717) is 19.6 Å². The van der Waals surface area contributed by atoms with Gasteiger partial charge in [0.05, 0.1) is 4.90 Å². The van der Waals surface area contributed by atoms with Crippen LogP contribution in [0.4, 0.5) is 0 Å². The predicted molar refractivity (Wildman–Crippen MR) is 88.7 cm³/mol. The zero-order valence-electron chi connectivity index (χ0n) is 13.9. The van der Waals surface area contributed by atoms with Gasteiger partial charge in [-0.1, -0.05) is 27.2 Å². The lowest BCUT2D eigenvalue weighted by atomic mass is 10.3. The van der Waals surface area contributed by atoms with E-state index in [4.69, 9.17) is 0 Å². The van der Waals surface area contributed by atoms with Crippen LogP contribution in [-0.4, -0.2) is 42.8 Å². The summed E-state index contributed by atoms with van der Waals surface area (Å²) in [5, 5.41) is 2.70. The molecule has 1 aromatic heterocycles. The van der Waals surface area contributed by atoms with E-state index < -0.39 is 15.6 Å². The Hall–Kier alpha value is -1.67. The first-order valence-corrected chi connectivity index (χ1v) is 9.28. The average Bonchev–Trinajstić information content (AvgIpc) is 2.50. The Kier molecular flexibility index (Phi) is 7.44. The molecule has 0 saturated heterocycles. The highest BCUT2D eigenvalue weighted by Crippen LogP contribution is 2.13. The summed E-state index contributed by atoms with van der Waals surface area (Å²) in [7, 11) is -3.66. The fourth-order valence-electron chi connectivity index (χ4n) is 2.11. The summed E-state index contributed by atoms with van der Waals surface area (Å²) in [5.41, 5.74) is -0.408. The van der Waals surface area contributed by atoms with Gasteiger partial charge in [0.15, 0.2) is 0 Å². The van der Waals surface area contributed by atoms with Gasteiger partial charge < -0.3 is 9.88 Å². The lowest BCUT2D eigenvalue weighted by molar-refractivity contribution is -0.121. The van der Waals surface area contributed by atoms with Crippen LogP contribution in [0.15, 0.2) is 28.0 Å². The van der Waals surface area contributed by atoms with Crippen LogP contribution >= 0.6 is 0 Å². The Bertz CT molecular complexity index is 678. The van der Waals surface area contributed by atoms with Gasteiger partial charge >= 0.3 is 0 Å². The number of hydrogen-bond acceptors (Lipinski definition) is 4. The molecule has 0 aromatic carbocycles. The number of amides is 1. The molecular weight excluding hydrogens is 318 g/mol. The third-order valence-electron chi connectivity index (χ3n) is 3.47. The fourth-order valence-corrected chi connectivity index (χ4v) is 3.59. The number of nitrogens with one attached hydrogen (secondary N) is 1. The Labute approximate surface area is 137 Å². The summed E-state index contributed by atoms with van der Waals surface area (Å²) in [5.74, 6) is -0.307. The maximum Gasteiger partial charge on any atom is 0.251 e. The second-order valence-corrected chi connectivity index (χ2v) is 7.06. The van der Waals surface area contributed by atoms with E-state index in [-0.39, 0.29) is 17.3 Å². The molecule has 0 radical (unpaired) electrons. The summed E-state index contributed by atoms with van der Waals surface area (Å²) in [6.07, 6.45) is 3.05. The van der Waals surface area contributed by atoms with Crippen molar-refractivity contribution in [1.82, 2.24) is 14.2 Å². The minimum Gasteiger partial charge on any atom is -0.355 e. The molecule has 0 aliphatic heterocycles. The van der Waals surface area contributed by atoms with Crippen LogP contribution in [0.5, 0.6) is 0 Å². The van der Waals surface area contributed by atoms with E-state index in [1.165, 1.54) is 22.6 Å². The molecule has 0 bridgehead atoms. The zero-order chi connectivity index (χ0) is 17.5. The third-order valence-corrected chi connectivity index (χ3v) is 5.50. The van der Waals surface area contributed by atoms with Gasteiger partial charge in [0.1, 0.15) is 6.54 Å². The Balaban J connectivity index is 3.00.